The highest BCUT2D eigenvalue weighted by Gasteiger charge is 1.97. The van der Waals surface area contributed by atoms with E-state index in [2.05, 4.69) is 28.4 Å². The number of carbonyl (C=O) groups is 1. The number of hydrogen-bond donors (Lipinski definition) is 2. The van der Waals surface area contributed by atoms with Crippen LogP contribution in [-0.2, 0) is 9.53 Å². The van der Waals surface area contributed by atoms with Gasteiger partial charge < -0.3 is 14.9 Å². The molecule has 0 bridgehead atoms. The molecule has 0 aliphatic rings. The Labute approximate surface area is 163 Å². The van der Waals surface area contributed by atoms with Gasteiger partial charge in [-0.3, -0.25) is 4.79 Å². The molecule has 0 saturated heterocycles. The van der Waals surface area contributed by atoms with Crippen molar-refractivity contribution in [3.8, 4) is 23.7 Å². The predicted octanol–water partition coefficient (Wildman–Crippen LogP) is 3.47. The van der Waals surface area contributed by atoms with Gasteiger partial charge in [0, 0.05) is 6.42 Å². The number of aliphatic hydroxyl groups excluding tert-OH is 2. The van der Waals surface area contributed by atoms with Gasteiger partial charge in [-0.1, -0.05) is 54.9 Å². The number of methoxy groups -OCH3 is 1. The lowest BCUT2D eigenvalue weighted by Gasteiger charge is -1.99. The Hall–Kier alpha value is -2.53. The van der Waals surface area contributed by atoms with Crippen molar-refractivity contribution in [2.75, 3.05) is 7.11 Å². The van der Waals surface area contributed by atoms with Crippen molar-refractivity contribution < 1.29 is 19.7 Å². The number of carbonyl (C=O) groups excluding carboxylic acids is 1. The Balaban J connectivity index is 3.96. The Bertz CT molecular complexity index is 633. The van der Waals surface area contributed by atoms with Gasteiger partial charge in [0.1, 0.15) is 0 Å². The molecule has 0 amide bonds. The quantitative estimate of drug-likeness (QED) is 0.351. The summed E-state index contributed by atoms with van der Waals surface area (Å²) >= 11 is 0. The zero-order valence-corrected chi connectivity index (χ0v) is 16.2. The Morgan fingerprint density at radius 3 is 2.04 bits per heavy atom. The van der Waals surface area contributed by atoms with Crippen LogP contribution in [-0.4, -0.2) is 35.5 Å². The highest BCUT2D eigenvalue weighted by Crippen LogP contribution is 1.99. The van der Waals surface area contributed by atoms with Gasteiger partial charge in [0.25, 0.3) is 0 Å². The van der Waals surface area contributed by atoms with Gasteiger partial charge in [-0.15, -0.1) is 0 Å². The topological polar surface area (TPSA) is 66.8 Å². The van der Waals surface area contributed by atoms with Crippen molar-refractivity contribution in [1.29, 1.82) is 0 Å². The summed E-state index contributed by atoms with van der Waals surface area (Å²) in [5.74, 6) is 11.1. The van der Waals surface area contributed by atoms with Gasteiger partial charge in [0.05, 0.1) is 25.7 Å². The molecule has 4 nitrogen and oxygen atoms in total. The maximum absolute atomic E-state index is 10.9. The molecule has 0 aliphatic heterocycles. The number of hydrogen-bond acceptors (Lipinski definition) is 4. The lowest BCUT2D eigenvalue weighted by molar-refractivity contribution is -0.140. The summed E-state index contributed by atoms with van der Waals surface area (Å²) in [6, 6.07) is 0. The molecule has 0 fully saturated rings. The van der Waals surface area contributed by atoms with Crippen molar-refractivity contribution >= 4 is 5.97 Å². The second-order valence-corrected chi connectivity index (χ2v) is 5.61. The molecular formula is C23H30O4. The molecule has 2 N–H and O–H groups in total. The lowest BCUT2D eigenvalue weighted by atomic mass is 10.2. The van der Waals surface area contributed by atoms with Gasteiger partial charge in [-0.2, -0.15) is 0 Å². The largest absolute Gasteiger partial charge is 0.469 e. The number of allylic oxidation sites excluding steroid dienone is 4. The molecule has 4 heteroatoms. The number of rotatable bonds is 10. The molecule has 2 atom stereocenters. The first-order valence-electron chi connectivity index (χ1n) is 9.13. The molecule has 0 spiro atoms. The van der Waals surface area contributed by atoms with E-state index in [9.17, 15) is 15.0 Å². The second kappa shape index (κ2) is 18.3. The zero-order chi connectivity index (χ0) is 20.2. The van der Waals surface area contributed by atoms with Gasteiger partial charge >= 0.3 is 5.97 Å². The SMILES string of the molecule is CCC=CC[C@H](O)C=CC#CCC#CC=C[C@@H](O)CC=CCCC(=O)OC. The second-order valence-electron chi connectivity index (χ2n) is 5.61. The maximum atomic E-state index is 10.9. The van der Waals surface area contributed by atoms with Crippen LogP contribution >= 0.6 is 0 Å². The van der Waals surface area contributed by atoms with Crippen LogP contribution in [0.5, 0.6) is 0 Å². The summed E-state index contributed by atoms with van der Waals surface area (Å²) in [5, 5.41) is 19.4. The Morgan fingerprint density at radius 2 is 1.52 bits per heavy atom. The van der Waals surface area contributed by atoms with E-state index in [4.69, 9.17) is 0 Å². The fourth-order valence-corrected chi connectivity index (χ4v) is 1.80. The highest BCUT2D eigenvalue weighted by molar-refractivity contribution is 5.69. The fourth-order valence-electron chi connectivity index (χ4n) is 1.80. The molecule has 146 valence electrons. The van der Waals surface area contributed by atoms with Gasteiger partial charge in [-0.25, -0.2) is 0 Å². The molecule has 0 rings (SSSR count). The summed E-state index contributed by atoms with van der Waals surface area (Å²) in [6.45, 7) is 2.05. The van der Waals surface area contributed by atoms with Gasteiger partial charge in [-0.05, 0) is 50.0 Å². The molecule has 0 radical (unpaired) electrons. The van der Waals surface area contributed by atoms with Gasteiger partial charge in [0.15, 0.2) is 0 Å². The third-order valence-corrected chi connectivity index (χ3v) is 3.25. The summed E-state index contributed by atoms with van der Waals surface area (Å²) < 4.78 is 4.54. The van der Waals surface area contributed by atoms with Gasteiger partial charge in [0.2, 0.25) is 0 Å². The van der Waals surface area contributed by atoms with Crippen LogP contribution in [0.3, 0.4) is 0 Å². The van der Waals surface area contributed by atoms with E-state index >= 15 is 0 Å². The van der Waals surface area contributed by atoms with Crippen LogP contribution in [0.2, 0.25) is 0 Å². The van der Waals surface area contributed by atoms with Crippen molar-refractivity contribution in [2.24, 2.45) is 0 Å². The average molecular weight is 370 g/mol. The molecule has 27 heavy (non-hydrogen) atoms. The monoisotopic (exact) mass is 370 g/mol. The van der Waals surface area contributed by atoms with Crippen molar-refractivity contribution in [2.45, 2.75) is 57.7 Å². The first-order valence-corrected chi connectivity index (χ1v) is 9.13. The standard InChI is InChI=1S/C23H30O4/c1-3-4-11-16-21(24)17-12-8-6-5-7-9-13-18-22(25)19-14-10-15-20-23(26)27-2/h4,10-14,17-18,21-22,24-25H,3,5,15-16,19-20H2,1-2H3/t21-,22+/m0/s1. The molecule has 0 aromatic rings. The minimum Gasteiger partial charge on any atom is -0.469 e. The van der Waals surface area contributed by atoms with E-state index < -0.39 is 12.2 Å². The van der Waals surface area contributed by atoms with E-state index in [0.717, 1.165) is 6.42 Å². The summed E-state index contributed by atoms with van der Waals surface area (Å²) in [5.41, 5.74) is 0. The highest BCUT2D eigenvalue weighted by atomic mass is 16.5. The summed E-state index contributed by atoms with van der Waals surface area (Å²) in [7, 11) is 1.36. The number of esters is 1. The fraction of sp³-hybridized carbons (Fsp3) is 0.435. The molecule has 0 unspecified atom stereocenters. The maximum Gasteiger partial charge on any atom is 0.305 e. The molecule has 0 saturated carbocycles. The predicted molar refractivity (Wildman–Crippen MR) is 110 cm³/mol. The lowest BCUT2D eigenvalue weighted by Crippen LogP contribution is -2.00. The minimum atomic E-state index is -0.606. The van der Waals surface area contributed by atoms with Crippen molar-refractivity contribution in [1.82, 2.24) is 0 Å². The van der Waals surface area contributed by atoms with Crippen LogP contribution in [0.25, 0.3) is 0 Å². The Morgan fingerprint density at radius 1 is 0.963 bits per heavy atom. The molecular weight excluding hydrogens is 340 g/mol. The molecule has 0 aliphatic carbocycles. The van der Waals surface area contributed by atoms with E-state index in [1.165, 1.54) is 7.11 Å². The Kier molecular flexibility index (Phi) is 16.6. The minimum absolute atomic E-state index is 0.241. The molecule has 0 aromatic carbocycles. The van der Waals surface area contributed by atoms with E-state index in [-0.39, 0.29) is 5.97 Å². The van der Waals surface area contributed by atoms with E-state index in [1.54, 1.807) is 24.3 Å². The first-order chi connectivity index (χ1) is 13.1. The summed E-state index contributed by atoms with van der Waals surface area (Å²) in [4.78, 5) is 10.9. The average Bonchev–Trinajstić information content (AvgIpc) is 2.66. The van der Waals surface area contributed by atoms with Crippen LogP contribution in [0.1, 0.15) is 45.4 Å². The number of aliphatic hydroxyl groups is 2. The normalized spacial score (nSPS) is 13.5. The third-order valence-electron chi connectivity index (χ3n) is 3.25. The van der Waals surface area contributed by atoms with E-state index in [0.29, 0.717) is 32.1 Å². The van der Waals surface area contributed by atoms with Crippen molar-refractivity contribution in [3.05, 3.63) is 48.6 Å². The smallest absolute Gasteiger partial charge is 0.305 e. The van der Waals surface area contributed by atoms with Crippen LogP contribution in [0.15, 0.2) is 48.6 Å². The third kappa shape index (κ3) is 18.1. The zero-order valence-electron chi connectivity index (χ0n) is 16.2. The number of ether oxygens (including phenoxy) is 1. The van der Waals surface area contributed by atoms with Crippen LogP contribution < -0.4 is 0 Å². The molecule has 0 aromatic heterocycles. The van der Waals surface area contributed by atoms with Crippen LogP contribution in [0, 0.1) is 23.7 Å². The van der Waals surface area contributed by atoms with Crippen LogP contribution in [0.4, 0.5) is 0 Å². The van der Waals surface area contributed by atoms with Crippen molar-refractivity contribution in [3.63, 3.8) is 0 Å². The summed E-state index contributed by atoms with van der Waals surface area (Å²) in [6.07, 6.45) is 16.5. The van der Waals surface area contributed by atoms with E-state index in [1.807, 2.05) is 31.2 Å². The first kappa shape index (κ1) is 24.5. The molecule has 0 heterocycles.